The first kappa shape index (κ1) is 16.0. The molecule has 0 spiro atoms. The highest BCUT2D eigenvalue weighted by Gasteiger charge is 2.13. The van der Waals surface area contributed by atoms with Crippen LogP contribution in [0.15, 0.2) is 60.7 Å². The minimum Gasteiger partial charge on any atom is -0.383 e. The van der Waals surface area contributed by atoms with E-state index < -0.39 is 0 Å². The summed E-state index contributed by atoms with van der Waals surface area (Å²) in [6.45, 7) is 0. The van der Waals surface area contributed by atoms with Gasteiger partial charge in [0.05, 0.1) is 5.69 Å². The molecule has 0 bridgehead atoms. The van der Waals surface area contributed by atoms with Gasteiger partial charge in [-0.3, -0.25) is 0 Å². The van der Waals surface area contributed by atoms with Crippen molar-refractivity contribution in [1.29, 1.82) is 0 Å². The molecular weight excluding hydrogens is 296 g/mol. The number of anilines is 2. The van der Waals surface area contributed by atoms with Crippen molar-refractivity contribution in [2.24, 2.45) is 0 Å². The fraction of sp³-hybridized carbons (Fsp3) is 0.200. The van der Waals surface area contributed by atoms with Crippen molar-refractivity contribution in [3.05, 3.63) is 71.8 Å². The van der Waals surface area contributed by atoms with Gasteiger partial charge in [-0.15, -0.1) is 0 Å². The van der Waals surface area contributed by atoms with Crippen LogP contribution in [-0.4, -0.2) is 9.97 Å². The predicted molar refractivity (Wildman–Crippen MR) is 99.4 cm³/mol. The minimum atomic E-state index is 0.222. The van der Waals surface area contributed by atoms with Crippen LogP contribution in [-0.2, 0) is 12.8 Å². The van der Waals surface area contributed by atoms with E-state index >= 15 is 0 Å². The third-order valence-electron chi connectivity index (χ3n) is 4.09. The molecule has 122 valence electrons. The van der Waals surface area contributed by atoms with Gasteiger partial charge in [0.15, 0.2) is 0 Å². The molecule has 4 N–H and O–H groups in total. The maximum absolute atomic E-state index is 6.12. The SMILES string of the molecule is Nc1nc(N)c(CCCCc2ccccc2)c(-c2ccccc2)n1. The van der Waals surface area contributed by atoms with Crippen LogP contribution in [0.4, 0.5) is 11.8 Å². The first-order valence-corrected chi connectivity index (χ1v) is 8.25. The topological polar surface area (TPSA) is 77.8 Å². The van der Waals surface area contributed by atoms with Crippen molar-refractivity contribution in [3.63, 3.8) is 0 Å². The van der Waals surface area contributed by atoms with E-state index in [4.69, 9.17) is 11.5 Å². The Labute approximate surface area is 142 Å². The van der Waals surface area contributed by atoms with E-state index in [1.54, 1.807) is 0 Å². The maximum Gasteiger partial charge on any atom is 0.222 e. The van der Waals surface area contributed by atoms with E-state index in [0.29, 0.717) is 5.82 Å². The Kier molecular flexibility index (Phi) is 5.06. The zero-order valence-electron chi connectivity index (χ0n) is 13.7. The molecule has 0 atom stereocenters. The van der Waals surface area contributed by atoms with E-state index in [1.165, 1.54) is 5.56 Å². The second-order valence-electron chi connectivity index (χ2n) is 5.85. The number of nitrogen functional groups attached to an aromatic ring is 2. The van der Waals surface area contributed by atoms with Crippen LogP contribution in [0.25, 0.3) is 11.3 Å². The molecule has 4 heteroatoms. The summed E-state index contributed by atoms with van der Waals surface area (Å²) in [7, 11) is 0. The highest BCUT2D eigenvalue weighted by molar-refractivity contribution is 5.69. The Balaban J connectivity index is 1.73. The quantitative estimate of drug-likeness (QED) is 0.676. The number of nitrogens with two attached hydrogens (primary N) is 2. The van der Waals surface area contributed by atoms with Crippen molar-refractivity contribution in [1.82, 2.24) is 9.97 Å². The molecule has 4 nitrogen and oxygen atoms in total. The molecule has 0 saturated heterocycles. The Hall–Kier alpha value is -2.88. The van der Waals surface area contributed by atoms with Crippen LogP contribution in [0, 0.1) is 0 Å². The van der Waals surface area contributed by atoms with Crippen molar-refractivity contribution < 1.29 is 0 Å². The molecule has 0 aliphatic carbocycles. The summed E-state index contributed by atoms with van der Waals surface area (Å²) in [5.41, 5.74) is 16.1. The lowest BCUT2D eigenvalue weighted by molar-refractivity contribution is 0.733. The van der Waals surface area contributed by atoms with Gasteiger partial charge >= 0.3 is 0 Å². The zero-order valence-corrected chi connectivity index (χ0v) is 13.7. The van der Waals surface area contributed by atoms with Crippen molar-refractivity contribution in [3.8, 4) is 11.3 Å². The number of hydrogen-bond acceptors (Lipinski definition) is 4. The molecule has 3 rings (SSSR count). The molecule has 0 unspecified atom stereocenters. The summed E-state index contributed by atoms with van der Waals surface area (Å²) in [6.07, 6.45) is 4.05. The molecule has 3 aromatic rings. The predicted octanol–water partition coefficient (Wildman–Crippen LogP) is 3.87. The summed E-state index contributed by atoms with van der Waals surface area (Å²) in [4.78, 5) is 8.57. The molecular formula is C20H22N4. The third kappa shape index (κ3) is 3.90. The van der Waals surface area contributed by atoms with E-state index in [1.807, 2.05) is 36.4 Å². The van der Waals surface area contributed by atoms with E-state index in [-0.39, 0.29) is 5.95 Å². The van der Waals surface area contributed by atoms with Crippen LogP contribution in [0.2, 0.25) is 0 Å². The van der Waals surface area contributed by atoms with Gasteiger partial charge in [0.25, 0.3) is 0 Å². The summed E-state index contributed by atoms with van der Waals surface area (Å²) < 4.78 is 0. The van der Waals surface area contributed by atoms with Crippen LogP contribution in [0.5, 0.6) is 0 Å². The average Bonchev–Trinajstić information content (AvgIpc) is 2.61. The molecule has 0 aliphatic heterocycles. The third-order valence-corrected chi connectivity index (χ3v) is 4.09. The molecule has 1 aromatic heterocycles. The van der Waals surface area contributed by atoms with Gasteiger partial charge in [0.2, 0.25) is 5.95 Å². The van der Waals surface area contributed by atoms with Crippen molar-refractivity contribution >= 4 is 11.8 Å². The number of nitrogens with zero attached hydrogens (tertiary/aromatic N) is 2. The maximum atomic E-state index is 6.12. The standard InChI is InChI=1S/C20H22N4/c21-19-17(14-8-7-11-15-9-3-1-4-10-15)18(23-20(22)24-19)16-12-5-2-6-13-16/h1-6,9-10,12-13H,7-8,11,14H2,(H4,21,22,23,24). The summed E-state index contributed by atoms with van der Waals surface area (Å²) in [5.74, 6) is 0.709. The van der Waals surface area contributed by atoms with E-state index in [9.17, 15) is 0 Å². The van der Waals surface area contributed by atoms with Crippen LogP contribution < -0.4 is 11.5 Å². The number of aryl methyl sites for hydroxylation is 1. The summed E-state index contributed by atoms with van der Waals surface area (Å²) >= 11 is 0. The Bertz CT molecular complexity index is 785. The molecule has 0 amide bonds. The van der Waals surface area contributed by atoms with E-state index in [0.717, 1.165) is 42.5 Å². The Morgan fingerprint density at radius 2 is 1.33 bits per heavy atom. The lowest BCUT2D eigenvalue weighted by Gasteiger charge is -2.12. The lowest BCUT2D eigenvalue weighted by atomic mass is 10.00. The lowest BCUT2D eigenvalue weighted by Crippen LogP contribution is -2.07. The Morgan fingerprint density at radius 1 is 0.708 bits per heavy atom. The van der Waals surface area contributed by atoms with Gasteiger partial charge in [-0.25, -0.2) is 4.98 Å². The molecule has 2 aromatic carbocycles. The normalized spacial score (nSPS) is 10.7. The first-order chi connectivity index (χ1) is 11.7. The minimum absolute atomic E-state index is 0.222. The largest absolute Gasteiger partial charge is 0.383 e. The number of aromatic nitrogens is 2. The monoisotopic (exact) mass is 318 g/mol. The molecule has 0 radical (unpaired) electrons. The molecule has 0 fully saturated rings. The van der Waals surface area contributed by atoms with E-state index in [2.05, 4.69) is 34.2 Å². The fourth-order valence-electron chi connectivity index (χ4n) is 2.88. The highest BCUT2D eigenvalue weighted by Crippen LogP contribution is 2.27. The fourth-order valence-corrected chi connectivity index (χ4v) is 2.88. The van der Waals surface area contributed by atoms with Gasteiger partial charge in [-0.2, -0.15) is 4.98 Å². The van der Waals surface area contributed by atoms with Crippen molar-refractivity contribution in [2.45, 2.75) is 25.7 Å². The molecule has 24 heavy (non-hydrogen) atoms. The zero-order chi connectivity index (χ0) is 16.8. The highest BCUT2D eigenvalue weighted by atomic mass is 15.0. The van der Waals surface area contributed by atoms with Crippen LogP contribution >= 0.6 is 0 Å². The number of rotatable bonds is 6. The second-order valence-corrected chi connectivity index (χ2v) is 5.85. The van der Waals surface area contributed by atoms with Crippen LogP contribution in [0.3, 0.4) is 0 Å². The number of unbranched alkanes of at least 4 members (excludes halogenated alkanes) is 1. The van der Waals surface area contributed by atoms with Gasteiger partial charge in [-0.05, 0) is 31.2 Å². The molecule has 0 aliphatic rings. The summed E-state index contributed by atoms with van der Waals surface area (Å²) in [5, 5.41) is 0. The number of benzene rings is 2. The molecule has 1 heterocycles. The first-order valence-electron chi connectivity index (χ1n) is 8.25. The van der Waals surface area contributed by atoms with Gasteiger partial charge in [0, 0.05) is 11.1 Å². The van der Waals surface area contributed by atoms with Gasteiger partial charge < -0.3 is 11.5 Å². The number of hydrogen-bond donors (Lipinski definition) is 2. The van der Waals surface area contributed by atoms with Gasteiger partial charge in [-0.1, -0.05) is 60.7 Å². The summed E-state index contributed by atoms with van der Waals surface area (Å²) in [6, 6.07) is 20.5. The van der Waals surface area contributed by atoms with Crippen molar-refractivity contribution in [2.75, 3.05) is 11.5 Å². The molecule has 0 saturated carbocycles. The van der Waals surface area contributed by atoms with Crippen LogP contribution in [0.1, 0.15) is 24.0 Å². The van der Waals surface area contributed by atoms with Gasteiger partial charge in [0.1, 0.15) is 5.82 Å². The second kappa shape index (κ2) is 7.59. The smallest absolute Gasteiger partial charge is 0.222 e. The average molecular weight is 318 g/mol. The Morgan fingerprint density at radius 3 is 2.04 bits per heavy atom.